The van der Waals surface area contributed by atoms with E-state index in [4.69, 9.17) is 9.47 Å². The van der Waals surface area contributed by atoms with E-state index in [0.717, 1.165) is 21.5 Å². The normalized spacial score (nSPS) is 10.5. The van der Waals surface area contributed by atoms with Crippen LogP contribution in [0, 0.1) is 6.92 Å². The number of aromatic nitrogens is 1. The lowest BCUT2D eigenvalue weighted by Gasteiger charge is -2.06. The average Bonchev–Trinajstić information content (AvgIpc) is 2.97. The number of nitrogens with zero attached hydrogens (tertiary/aromatic N) is 1. The molecule has 1 heterocycles. The SMILES string of the molecule is COc1ccc(OCC(=O)Nc2nc3c(C)cccc3s2)cc1. The highest BCUT2D eigenvalue weighted by molar-refractivity contribution is 7.22. The van der Waals surface area contributed by atoms with Crippen molar-refractivity contribution in [2.75, 3.05) is 19.0 Å². The average molecular weight is 328 g/mol. The number of aryl methyl sites for hydroxylation is 1. The Labute approximate surface area is 137 Å². The molecule has 0 spiro atoms. The maximum absolute atomic E-state index is 12.0. The van der Waals surface area contributed by atoms with Gasteiger partial charge in [0.05, 0.1) is 17.3 Å². The monoisotopic (exact) mass is 328 g/mol. The van der Waals surface area contributed by atoms with Crippen molar-refractivity contribution in [1.82, 2.24) is 4.98 Å². The fourth-order valence-electron chi connectivity index (χ4n) is 2.12. The number of fused-ring (bicyclic) bond motifs is 1. The van der Waals surface area contributed by atoms with Crippen LogP contribution in [0.2, 0.25) is 0 Å². The molecule has 0 saturated heterocycles. The summed E-state index contributed by atoms with van der Waals surface area (Å²) in [5.74, 6) is 1.12. The molecule has 1 amide bonds. The van der Waals surface area contributed by atoms with Gasteiger partial charge in [-0.25, -0.2) is 4.98 Å². The molecule has 0 aliphatic heterocycles. The van der Waals surface area contributed by atoms with Crippen molar-refractivity contribution in [3.05, 3.63) is 48.0 Å². The fourth-order valence-corrected chi connectivity index (χ4v) is 3.08. The van der Waals surface area contributed by atoms with Crippen LogP contribution in [0.4, 0.5) is 5.13 Å². The molecule has 0 unspecified atom stereocenters. The van der Waals surface area contributed by atoms with Crippen LogP contribution in [0.3, 0.4) is 0 Å². The second-order valence-corrected chi connectivity index (χ2v) is 5.98. The number of methoxy groups -OCH3 is 1. The van der Waals surface area contributed by atoms with E-state index >= 15 is 0 Å². The van der Waals surface area contributed by atoms with Gasteiger partial charge in [-0.2, -0.15) is 0 Å². The van der Waals surface area contributed by atoms with Crippen molar-refractivity contribution >= 4 is 32.6 Å². The number of amides is 1. The number of hydrogen-bond donors (Lipinski definition) is 1. The van der Waals surface area contributed by atoms with Crippen LogP contribution in [0.1, 0.15) is 5.56 Å². The summed E-state index contributed by atoms with van der Waals surface area (Å²) in [6.07, 6.45) is 0. The zero-order chi connectivity index (χ0) is 16.2. The molecular weight excluding hydrogens is 312 g/mol. The lowest BCUT2D eigenvalue weighted by Crippen LogP contribution is -2.19. The standard InChI is InChI=1S/C17H16N2O3S/c1-11-4-3-5-14-16(11)19-17(23-14)18-15(20)10-22-13-8-6-12(21-2)7-9-13/h3-9H,10H2,1-2H3,(H,18,19,20). The first kappa shape index (κ1) is 15.3. The van der Waals surface area contributed by atoms with Gasteiger partial charge in [0.2, 0.25) is 0 Å². The largest absolute Gasteiger partial charge is 0.497 e. The lowest BCUT2D eigenvalue weighted by molar-refractivity contribution is -0.118. The van der Waals surface area contributed by atoms with Crippen molar-refractivity contribution < 1.29 is 14.3 Å². The van der Waals surface area contributed by atoms with E-state index in [1.165, 1.54) is 11.3 Å². The van der Waals surface area contributed by atoms with Gasteiger partial charge >= 0.3 is 0 Å². The summed E-state index contributed by atoms with van der Waals surface area (Å²) in [5, 5.41) is 3.35. The van der Waals surface area contributed by atoms with Crippen molar-refractivity contribution in [1.29, 1.82) is 0 Å². The topological polar surface area (TPSA) is 60.5 Å². The van der Waals surface area contributed by atoms with Gasteiger partial charge < -0.3 is 9.47 Å². The summed E-state index contributed by atoms with van der Waals surface area (Å²) >= 11 is 1.45. The van der Waals surface area contributed by atoms with Crippen molar-refractivity contribution in [3.63, 3.8) is 0 Å². The smallest absolute Gasteiger partial charge is 0.264 e. The Bertz CT molecular complexity index is 827. The number of para-hydroxylation sites is 1. The van der Waals surface area contributed by atoms with Crippen LogP contribution in [0.5, 0.6) is 11.5 Å². The summed E-state index contributed by atoms with van der Waals surface area (Å²) < 4.78 is 11.6. The maximum Gasteiger partial charge on any atom is 0.264 e. The van der Waals surface area contributed by atoms with Gasteiger partial charge in [-0.05, 0) is 42.8 Å². The third-order valence-electron chi connectivity index (χ3n) is 3.30. The van der Waals surface area contributed by atoms with Crippen LogP contribution in [0.25, 0.3) is 10.2 Å². The summed E-state index contributed by atoms with van der Waals surface area (Å²) in [5.41, 5.74) is 2.01. The molecule has 6 heteroatoms. The van der Waals surface area contributed by atoms with Crippen LogP contribution in [0.15, 0.2) is 42.5 Å². The number of carbonyl (C=O) groups is 1. The van der Waals surface area contributed by atoms with E-state index in [0.29, 0.717) is 10.9 Å². The van der Waals surface area contributed by atoms with Gasteiger partial charge in [0.15, 0.2) is 11.7 Å². The van der Waals surface area contributed by atoms with Crippen LogP contribution in [-0.4, -0.2) is 24.6 Å². The Morgan fingerprint density at radius 2 is 1.91 bits per heavy atom. The van der Waals surface area contributed by atoms with E-state index in [1.54, 1.807) is 31.4 Å². The first-order valence-corrected chi connectivity index (χ1v) is 7.90. The summed E-state index contributed by atoms with van der Waals surface area (Å²) in [6.45, 7) is 1.93. The molecule has 2 aromatic carbocycles. The van der Waals surface area contributed by atoms with Crippen molar-refractivity contribution in [3.8, 4) is 11.5 Å². The molecule has 0 aliphatic carbocycles. The molecule has 1 aromatic heterocycles. The van der Waals surface area contributed by atoms with Gasteiger partial charge in [0.1, 0.15) is 11.5 Å². The fraction of sp³-hybridized carbons (Fsp3) is 0.176. The van der Waals surface area contributed by atoms with Gasteiger partial charge in [-0.15, -0.1) is 0 Å². The minimum Gasteiger partial charge on any atom is -0.497 e. The molecule has 0 atom stereocenters. The molecule has 118 valence electrons. The second kappa shape index (κ2) is 6.66. The third kappa shape index (κ3) is 3.60. The Morgan fingerprint density at radius 1 is 1.17 bits per heavy atom. The number of nitrogens with one attached hydrogen (secondary N) is 1. The number of anilines is 1. The van der Waals surface area contributed by atoms with E-state index < -0.39 is 0 Å². The first-order valence-electron chi connectivity index (χ1n) is 7.08. The number of benzene rings is 2. The lowest BCUT2D eigenvalue weighted by atomic mass is 10.2. The van der Waals surface area contributed by atoms with E-state index in [9.17, 15) is 4.79 Å². The molecule has 0 saturated carbocycles. The number of ether oxygens (including phenoxy) is 2. The molecule has 3 rings (SSSR count). The van der Waals surface area contributed by atoms with E-state index in [-0.39, 0.29) is 12.5 Å². The highest BCUT2D eigenvalue weighted by Crippen LogP contribution is 2.27. The van der Waals surface area contributed by atoms with Crippen molar-refractivity contribution in [2.24, 2.45) is 0 Å². The van der Waals surface area contributed by atoms with Gasteiger partial charge in [-0.1, -0.05) is 23.5 Å². The first-order chi connectivity index (χ1) is 11.2. The Balaban J connectivity index is 1.60. The minimum absolute atomic E-state index is 0.0682. The number of carbonyl (C=O) groups excluding carboxylic acids is 1. The zero-order valence-electron chi connectivity index (χ0n) is 12.8. The van der Waals surface area contributed by atoms with Crippen LogP contribution < -0.4 is 14.8 Å². The van der Waals surface area contributed by atoms with Gasteiger partial charge in [0, 0.05) is 0 Å². The third-order valence-corrected chi connectivity index (χ3v) is 4.23. The Morgan fingerprint density at radius 3 is 2.61 bits per heavy atom. The molecule has 0 radical (unpaired) electrons. The molecule has 0 bridgehead atoms. The quantitative estimate of drug-likeness (QED) is 0.777. The van der Waals surface area contributed by atoms with E-state index in [1.807, 2.05) is 25.1 Å². The maximum atomic E-state index is 12.0. The minimum atomic E-state index is -0.238. The number of thiazole rings is 1. The molecule has 23 heavy (non-hydrogen) atoms. The van der Waals surface area contributed by atoms with E-state index in [2.05, 4.69) is 10.3 Å². The predicted octanol–water partition coefficient (Wildman–Crippen LogP) is 3.63. The molecular formula is C17H16N2O3S. The second-order valence-electron chi connectivity index (χ2n) is 4.95. The molecule has 0 fully saturated rings. The molecule has 5 nitrogen and oxygen atoms in total. The highest BCUT2D eigenvalue weighted by Gasteiger charge is 2.09. The molecule has 3 aromatic rings. The summed E-state index contributed by atoms with van der Waals surface area (Å²) in [4.78, 5) is 16.4. The van der Waals surface area contributed by atoms with Gasteiger partial charge in [0.25, 0.3) is 5.91 Å². The number of rotatable bonds is 5. The Kier molecular flexibility index (Phi) is 4.43. The summed E-state index contributed by atoms with van der Waals surface area (Å²) in [6, 6.07) is 13.0. The van der Waals surface area contributed by atoms with Crippen LogP contribution >= 0.6 is 11.3 Å². The van der Waals surface area contributed by atoms with Crippen molar-refractivity contribution in [2.45, 2.75) is 6.92 Å². The van der Waals surface area contributed by atoms with Crippen LogP contribution in [-0.2, 0) is 4.79 Å². The molecule has 0 aliphatic rings. The summed E-state index contributed by atoms with van der Waals surface area (Å²) in [7, 11) is 1.60. The Hall–Kier alpha value is -2.60. The van der Waals surface area contributed by atoms with Gasteiger partial charge in [-0.3, -0.25) is 10.1 Å². The zero-order valence-corrected chi connectivity index (χ0v) is 13.6. The predicted molar refractivity (Wildman–Crippen MR) is 91.5 cm³/mol. The number of hydrogen-bond acceptors (Lipinski definition) is 5. The highest BCUT2D eigenvalue weighted by atomic mass is 32.1. The molecule has 1 N–H and O–H groups in total.